The van der Waals surface area contributed by atoms with Crippen LogP contribution in [-0.2, 0) is 6.54 Å². The van der Waals surface area contributed by atoms with E-state index in [1.165, 1.54) is 0 Å². The number of carboxylic acid groups (broad SMARTS) is 1. The van der Waals surface area contributed by atoms with Crippen LogP contribution >= 0.6 is 21.6 Å². The second-order valence-corrected chi connectivity index (χ2v) is 6.82. The molecule has 3 aromatic rings. The molecule has 0 radical (unpaired) electrons. The third kappa shape index (κ3) is 8.23. The monoisotopic (exact) mass is 371 g/mol. The van der Waals surface area contributed by atoms with Gasteiger partial charge >= 0.3 is 6.09 Å². The van der Waals surface area contributed by atoms with E-state index in [-0.39, 0.29) is 0 Å². The maximum atomic E-state index is 10.1. The van der Waals surface area contributed by atoms with Gasteiger partial charge in [0, 0.05) is 18.9 Å². The molecule has 128 valence electrons. The van der Waals surface area contributed by atoms with Crippen molar-refractivity contribution in [2.24, 2.45) is 0 Å². The predicted octanol–water partition coefficient (Wildman–Crippen LogP) is 4.73. The molecule has 5 nitrogen and oxygen atoms in total. The number of hydrogen-bond donors (Lipinski definition) is 2. The van der Waals surface area contributed by atoms with Crippen LogP contribution in [0.5, 0.6) is 0 Å². The quantitative estimate of drug-likeness (QED) is 0.632. The van der Waals surface area contributed by atoms with E-state index in [1.54, 1.807) is 34.0 Å². The number of pyridine rings is 2. The summed E-state index contributed by atoms with van der Waals surface area (Å²) in [6.07, 6.45) is 2.59. The minimum Gasteiger partial charge on any atom is -0.465 e. The van der Waals surface area contributed by atoms with Crippen LogP contribution in [0.3, 0.4) is 0 Å². The minimum absolute atomic E-state index is 0.371. The Bertz CT molecular complexity index is 705. The summed E-state index contributed by atoms with van der Waals surface area (Å²) in [6.45, 7) is 0.371. The first-order valence-corrected chi connectivity index (χ1v) is 9.56. The van der Waals surface area contributed by atoms with Crippen LogP contribution < -0.4 is 5.32 Å². The van der Waals surface area contributed by atoms with Gasteiger partial charge < -0.3 is 10.4 Å². The predicted molar refractivity (Wildman–Crippen MR) is 101 cm³/mol. The van der Waals surface area contributed by atoms with E-state index >= 15 is 0 Å². The van der Waals surface area contributed by atoms with Gasteiger partial charge in [-0.05, 0) is 51.4 Å². The van der Waals surface area contributed by atoms with Gasteiger partial charge in [-0.15, -0.1) is 0 Å². The molecule has 7 heteroatoms. The first-order chi connectivity index (χ1) is 12.2. The fraction of sp³-hybridized carbons (Fsp3) is 0.0556. The molecule has 1 amide bonds. The number of rotatable bonds is 5. The maximum absolute atomic E-state index is 10.1. The fourth-order valence-electron chi connectivity index (χ4n) is 1.65. The van der Waals surface area contributed by atoms with Gasteiger partial charge in [-0.25, -0.2) is 14.8 Å². The normalized spacial score (nSPS) is 9.60. The molecule has 0 fully saturated rings. The molecule has 0 atom stereocenters. The molecule has 0 aliphatic heterocycles. The molecule has 25 heavy (non-hydrogen) atoms. The Labute approximate surface area is 154 Å². The van der Waals surface area contributed by atoms with Crippen LogP contribution in [0.15, 0.2) is 89.2 Å². The van der Waals surface area contributed by atoms with Crippen molar-refractivity contribution in [2.45, 2.75) is 16.6 Å². The van der Waals surface area contributed by atoms with Crippen molar-refractivity contribution in [1.29, 1.82) is 0 Å². The molecule has 0 saturated carbocycles. The topological polar surface area (TPSA) is 75.1 Å². The Morgan fingerprint density at radius 3 is 1.80 bits per heavy atom. The summed E-state index contributed by atoms with van der Waals surface area (Å²) in [7, 11) is 3.23. The summed E-state index contributed by atoms with van der Waals surface area (Å²) in [5.41, 5.74) is 0.968. The zero-order chi connectivity index (χ0) is 17.7. The Hall–Kier alpha value is -2.51. The molecule has 1 aromatic carbocycles. The standard InChI is InChI=1S/C10H8N2S2.C8H9NO2/c1-3-7-11-9(5-1)13-14-10-6-2-4-8-12-10;10-8(11)9-6-7-4-2-1-3-5-7/h1-8H;1-5,9H,6H2,(H,10,11). The average Bonchev–Trinajstić information content (AvgIpc) is 2.68. The number of amides is 1. The molecule has 0 unspecified atom stereocenters. The minimum atomic E-state index is -0.992. The van der Waals surface area contributed by atoms with E-state index in [2.05, 4.69) is 15.3 Å². The molecule has 0 aliphatic rings. The lowest BCUT2D eigenvalue weighted by Gasteiger charge is -1.98. The van der Waals surface area contributed by atoms with Crippen LogP contribution in [0.1, 0.15) is 5.56 Å². The lowest BCUT2D eigenvalue weighted by Crippen LogP contribution is -2.19. The molecular formula is C18H17N3O2S2. The molecule has 2 heterocycles. The third-order valence-corrected chi connectivity index (χ3v) is 4.96. The third-order valence-electron chi connectivity index (χ3n) is 2.77. The van der Waals surface area contributed by atoms with Crippen molar-refractivity contribution in [1.82, 2.24) is 15.3 Å². The summed E-state index contributed by atoms with van der Waals surface area (Å²) in [4.78, 5) is 18.5. The highest BCUT2D eigenvalue weighted by Crippen LogP contribution is 2.34. The smallest absolute Gasteiger partial charge is 0.404 e. The highest BCUT2D eigenvalue weighted by molar-refractivity contribution is 8.76. The van der Waals surface area contributed by atoms with Crippen molar-refractivity contribution >= 4 is 27.7 Å². The summed E-state index contributed by atoms with van der Waals surface area (Å²) < 4.78 is 0. The number of carbonyl (C=O) groups is 1. The Morgan fingerprint density at radius 1 is 0.840 bits per heavy atom. The van der Waals surface area contributed by atoms with Gasteiger partial charge in [0.2, 0.25) is 0 Å². The van der Waals surface area contributed by atoms with E-state index in [4.69, 9.17) is 5.11 Å². The summed E-state index contributed by atoms with van der Waals surface area (Å²) in [5, 5.41) is 12.5. The van der Waals surface area contributed by atoms with Gasteiger partial charge in [0.25, 0.3) is 0 Å². The maximum Gasteiger partial charge on any atom is 0.404 e. The lowest BCUT2D eigenvalue weighted by molar-refractivity contribution is 0.194. The summed E-state index contributed by atoms with van der Waals surface area (Å²) in [5.74, 6) is 0. The van der Waals surface area contributed by atoms with E-state index < -0.39 is 6.09 Å². The number of hydrogen-bond acceptors (Lipinski definition) is 5. The van der Waals surface area contributed by atoms with Crippen molar-refractivity contribution in [3.63, 3.8) is 0 Å². The molecule has 0 saturated heterocycles. The molecular weight excluding hydrogens is 354 g/mol. The second kappa shape index (κ2) is 11.1. The van der Waals surface area contributed by atoms with Crippen LogP contribution in [0.4, 0.5) is 4.79 Å². The number of nitrogens with zero attached hydrogens (tertiary/aromatic N) is 2. The fourth-order valence-corrected chi connectivity index (χ4v) is 3.40. The SMILES string of the molecule is O=C(O)NCc1ccccc1.c1ccc(SSc2ccccn2)nc1. The van der Waals surface area contributed by atoms with Gasteiger partial charge in [0.1, 0.15) is 10.1 Å². The Kier molecular flexibility index (Phi) is 8.37. The first kappa shape index (κ1) is 18.8. The van der Waals surface area contributed by atoms with Gasteiger partial charge in [0.15, 0.2) is 0 Å². The number of benzene rings is 1. The van der Waals surface area contributed by atoms with Gasteiger partial charge in [-0.1, -0.05) is 42.5 Å². The molecule has 3 rings (SSSR count). The van der Waals surface area contributed by atoms with E-state index in [0.717, 1.165) is 15.6 Å². The van der Waals surface area contributed by atoms with Gasteiger partial charge in [-0.2, -0.15) is 0 Å². The summed E-state index contributed by atoms with van der Waals surface area (Å²) in [6, 6.07) is 21.1. The van der Waals surface area contributed by atoms with Crippen molar-refractivity contribution < 1.29 is 9.90 Å². The Balaban J connectivity index is 0.000000186. The molecule has 0 spiro atoms. The molecule has 0 bridgehead atoms. The van der Waals surface area contributed by atoms with Crippen LogP contribution in [-0.4, -0.2) is 21.2 Å². The highest BCUT2D eigenvalue weighted by atomic mass is 33.1. The zero-order valence-corrected chi connectivity index (χ0v) is 14.9. The first-order valence-electron chi connectivity index (χ1n) is 7.41. The van der Waals surface area contributed by atoms with Crippen molar-refractivity contribution in [3.8, 4) is 0 Å². The van der Waals surface area contributed by atoms with Crippen molar-refractivity contribution in [3.05, 3.63) is 84.7 Å². The van der Waals surface area contributed by atoms with Crippen LogP contribution in [0.2, 0.25) is 0 Å². The second-order valence-electron chi connectivity index (χ2n) is 4.65. The van der Waals surface area contributed by atoms with E-state index in [9.17, 15) is 4.79 Å². The average molecular weight is 371 g/mol. The van der Waals surface area contributed by atoms with E-state index in [0.29, 0.717) is 6.54 Å². The number of nitrogens with one attached hydrogen (secondary N) is 1. The van der Waals surface area contributed by atoms with Gasteiger partial charge in [0.05, 0.1) is 0 Å². The lowest BCUT2D eigenvalue weighted by atomic mass is 10.2. The molecule has 2 aromatic heterocycles. The molecule has 0 aliphatic carbocycles. The zero-order valence-electron chi connectivity index (χ0n) is 13.3. The van der Waals surface area contributed by atoms with Crippen LogP contribution in [0, 0.1) is 0 Å². The highest BCUT2D eigenvalue weighted by Gasteiger charge is 1.97. The largest absolute Gasteiger partial charge is 0.465 e. The van der Waals surface area contributed by atoms with Gasteiger partial charge in [-0.3, -0.25) is 0 Å². The molecule has 2 N–H and O–H groups in total. The van der Waals surface area contributed by atoms with Crippen LogP contribution in [0.25, 0.3) is 0 Å². The van der Waals surface area contributed by atoms with E-state index in [1.807, 2.05) is 66.7 Å². The van der Waals surface area contributed by atoms with Crippen molar-refractivity contribution in [2.75, 3.05) is 0 Å². The summed E-state index contributed by atoms with van der Waals surface area (Å²) >= 11 is 0. The Morgan fingerprint density at radius 2 is 1.36 bits per heavy atom. The number of aromatic nitrogens is 2.